The minimum atomic E-state index is 0.235. The molecule has 4 nitrogen and oxygen atoms in total. The van der Waals surface area contributed by atoms with Gasteiger partial charge in [0.25, 0.3) is 0 Å². The first-order valence-corrected chi connectivity index (χ1v) is 8.67. The lowest BCUT2D eigenvalue weighted by molar-refractivity contribution is -0.119. The Labute approximate surface area is 121 Å². The number of hydrogen-bond donors (Lipinski definition) is 2. The van der Waals surface area contributed by atoms with Crippen molar-refractivity contribution in [1.29, 1.82) is 0 Å². The molecule has 0 aromatic carbocycles. The quantitative estimate of drug-likeness (QED) is 0.793. The third-order valence-corrected chi connectivity index (χ3v) is 5.51. The van der Waals surface area contributed by atoms with Gasteiger partial charge in [-0.2, -0.15) is 0 Å². The summed E-state index contributed by atoms with van der Waals surface area (Å²) in [5.41, 5.74) is 0. The van der Waals surface area contributed by atoms with Gasteiger partial charge >= 0.3 is 0 Å². The average molecular weight is 285 g/mol. The minimum absolute atomic E-state index is 0.235. The molecule has 1 amide bonds. The largest absolute Gasteiger partial charge is 0.353 e. The third-order valence-electron chi connectivity index (χ3n) is 4.14. The van der Waals surface area contributed by atoms with E-state index in [0.717, 1.165) is 45.6 Å². The van der Waals surface area contributed by atoms with Gasteiger partial charge in [-0.05, 0) is 45.3 Å². The van der Waals surface area contributed by atoms with Crippen LogP contribution in [0.5, 0.6) is 0 Å². The van der Waals surface area contributed by atoms with Gasteiger partial charge in [-0.25, -0.2) is 0 Å². The molecule has 2 fully saturated rings. The molecule has 0 bridgehead atoms. The van der Waals surface area contributed by atoms with Gasteiger partial charge in [0.1, 0.15) is 0 Å². The van der Waals surface area contributed by atoms with Crippen LogP contribution in [0.25, 0.3) is 0 Å². The van der Waals surface area contributed by atoms with Gasteiger partial charge in [0.05, 0.1) is 5.75 Å². The van der Waals surface area contributed by atoms with Crippen LogP contribution in [0.3, 0.4) is 0 Å². The number of thioether (sulfide) groups is 1. The molecular formula is C14H27N3OS. The van der Waals surface area contributed by atoms with E-state index in [-0.39, 0.29) is 5.91 Å². The molecule has 5 heteroatoms. The van der Waals surface area contributed by atoms with Crippen LogP contribution in [0.2, 0.25) is 0 Å². The molecule has 0 aromatic rings. The van der Waals surface area contributed by atoms with Crippen molar-refractivity contribution in [2.45, 2.75) is 43.9 Å². The lowest BCUT2D eigenvalue weighted by Crippen LogP contribution is -2.45. The van der Waals surface area contributed by atoms with Crippen molar-refractivity contribution < 1.29 is 4.79 Å². The molecule has 0 aliphatic carbocycles. The van der Waals surface area contributed by atoms with Crippen LogP contribution in [-0.4, -0.2) is 60.6 Å². The maximum Gasteiger partial charge on any atom is 0.230 e. The van der Waals surface area contributed by atoms with Gasteiger partial charge in [0, 0.05) is 24.4 Å². The number of amides is 1. The van der Waals surface area contributed by atoms with Gasteiger partial charge in [-0.3, -0.25) is 4.79 Å². The fourth-order valence-electron chi connectivity index (χ4n) is 2.82. The van der Waals surface area contributed by atoms with E-state index in [2.05, 4.69) is 22.5 Å². The molecule has 110 valence electrons. The Morgan fingerprint density at radius 1 is 1.26 bits per heavy atom. The summed E-state index contributed by atoms with van der Waals surface area (Å²) >= 11 is 1.84. The summed E-state index contributed by atoms with van der Waals surface area (Å²) in [4.78, 5) is 14.4. The van der Waals surface area contributed by atoms with E-state index in [9.17, 15) is 4.79 Å². The topological polar surface area (TPSA) is 44.4 Å². The van der Waals surface area contributed by atoms with Gasteiger partial charge in [0.2, 0.25) is 5.91 Å². The van der Waals surface area contributed by atoms with Crippen molar-refractivity contribution in [3.8, 4) is 0 Å². The van der Waals surface area contributed by atoms with Crippen molar-refractivity contribution in [2.75, 3.05) is 38.5 Å². The van der Waals surface area contributed by atoms with Crippen LogP contribution < -0.4 is 10.6 Å². The van der Waals surface area contributed by atoms with Crippen molar-refractivity contribution >= 4 is 17.7 Å². The fraction of sp³-hybridized carbons (Fsp3) is 0.929. The highest BCUT2D eigenvalue weighted by molar-refractivity contribution is 8.00. The summed E-state index contributed by atoms with van der Waals surface area (Å²) in [6, 6.07) is 0.406. The second-order valence-electron chi connectivity index (χ2n) is 5.54. The second kappa shape index (κ2) is 8.12. The normalized spacial score (nSPS) is 23.4. The van der Waals surface area contributed by atoms with E-state index < -0.39 is 0 Å². The van der Waals surface area contributed by atoms with Crippen molar-refractivity contribution in [3.63, 3.8) is 0 Å². The molecular weight excluding hydrogens is 258 g/mol. The molecule has 2 aliphatic rings. The smallest absolute Gasteiger partial charge is 0.230 e. The molecule has 2 rings (SSSR count). The van der Waals surface area contributed by atoms with Crippen LogP contribution in [-0.2, 0) is 4.79 Å². The number of nitrogens with zero attached hydrogens (tertiary/aromatic N) is 1. The van der Waals surface area contributed by atoms with E-state index in [0.29, 0.717) is 17.0 Å². The Hall–Kier alpha value is -0.260. The molecule has 2 heterocycles. The number of piperidine rings is 2. The number of rotatable bonds is 5. The molecule has 0 radical (unpaired) electrons. The second-order valence-corrected chi connectivity index (χ2v) is 6.83. The zero-order valence-corrected chi connectivity index (χ0v) is 12.8. The Morgan fingerprint density at radius 2 is 1.95 bits per heavy atom. The van der Waals surface area contributed by atoms with Gasteiger partial charge < -0.3 is 15.5 Å². The van der Waals surface area contributed by atoms with Gasteiger partial charge in [-0.15, -0.1) is 11.8 Å². The van der Waals surface area contributed by atoms with Crippen LogP contribution in [0, 0.1) is 0 Å². The average Bonchev–Trinajstić information content (AvgIpc) is 2.47. The number of hydrogen-bond acceptors (Lipinski definition) is 4. The Bertz CT molecular complexity index is 274. The standard InChI is InChI=1S/C14H27N3OS/c1-2-17-9-5-12(6-10-17)16-14(18)11-19-13-3-7-15-8-4-13/h12-13,15H,2-11H2,1H3,(H,16,18). The SMILES string of the molecule is CCN1CCC(NC(=O)CSC2CCNCC2)CC1. The van der Waals surface area contributed by atoms with E-state index in [1.165, 1.54) is 12.8 Å². The number of carbonyl (C=O) groups excluding carboxylic acids is 1. The summed E-state index contributed by atoms with van der Waals surface area (Å²) in [5, 5.41) is 7.24. The van der Waals surface area contributed by atoms with Gasteiger partial charge in [-0.1, -0.05) is 6.92 Å². The molecule has 0 spiro atoms. The van der Waals surface area contributed by atoms with Gasteiger partial charge in [0.15, 0.2) is 0 Å². The molecule has 2 aliphatic heterocycles. The maximum absolute atomic E-state index is 11.9. The van der Waals surface area contributed by atoms with E-state index in [1.54, 1.807) is 0 Å². The predicted octanol–water partition coefficient (Wildman–Crippen LogP) is 1.07. The van der Waals surface area contributed by atoms with Crippen molar-refractivity contribution in [2.24, 2.45) is 0 Å². The number of carbonyl (C=O) groups is 1. The van der Waals surface area contributed by atoms with Crippen molar-refractivity contribution in [1.82, 2.24) is 15.5 Å². The number of nitrogens with one attached hydrogen (secondary N) is 2. The van der Waals surface area contributed by atoms with Crippen LogP contribution >= 0.6 is 11.8 Å². The predicted molar refractivity (Wildman–Crippen MR) is 81.6 cm³/mol. The first-order chi connectivity index (χ1) is 9.28. The summed E-state index contributed by atoms with van der Waals surface area (Å²) in [6.45, 7) is 7.80. The highest BCUT2D eigenvalue weighted by Crippen LogP contribution is 2.20. The van der Waals surface area contributed by atoms with E-state index in [4.69, 9.17) is 0 Å². The summed E-state index contributed by atoms with van der Waals surface area (Å²) in [7, 11) is 0. The molecule has 19 heavy (non-hydrogen) atoms. The lowest BCUT2D eigenvalue weighted by Gasteiger charge is -2.31. The fourth-order valence-corrected chi connectivity index (χ4v) is 3.86. The minimum Gasteiger partial charge on any atom is -0.353 e. The Kier molecular flexibility index (Phi) is 6.47. The van der Waals surface area contributed by atoms with Crippen LogP contribution in [0.15, 0.2) is 0 Å². The van der Waals surface area contributed by atoms with Crippen molar-refractivity contribution in [3.05, 3.63) is 0 Å². The Balaban J connectivity index is 1.59. The molecule has 0 saturated carbocycles. The molecule has 2 N–H and O–H groups in total. The lowest BCUT2D eigenvalue weighted by atomic mass is 10.1. The zero-order valence-electron chi connectivity index (χ0n) is 12.0. The summed E-state index contributed by atoms with van der Waals surface area (Å²) in [5.74, 6) is 0.872. The first kappa shape index (κ1) is 15.1. The molecule has 2 saturated heterocycles. The zero-order chi connectivity index (χ0) is 13.5. The summed E-state index contributed by atoms with van der Waals surface area (Å²) in [6.07, 6.45) is 4.62. The van der Waals surface area contributed by atoms with E-state index in [1.807, 2.05) is 11.8 Å². The molecule has 0 atom stereocenters. The summed E-state index contributed by atoms with van der Waals surface area (Å²) < 4.78 is 0. The monoisotopic (exact) mass is 285 g/mol. The highest BCUT2D eigenvalue weighted by atomic mass is 32.2. The molecule has 0 unspecified atom stereocenters. The Morgan fingerprint density at radius 3 is 2.58 bits per heavy atom. The highest BCUT2D eigenvalue weighted by Gasteiger charge is 2.20. The third kappa shape index (κ3) is 5.32. The molecule has 0 aromatic heterocycles. The first-order valence-electron chi connectivity index (χ1n) is 7.62. The number of likely N-dealkylation sites (tertiary alicyclic amines) is 1. The van der Waals surface area contributed by atoms with Crippen LogP contribution in [0.1, 0.15) is 32.6 Å². The van der Waals surface area contributed by atoms with Crippen LogP contribution in [0.4, 0.5) is 0 Å². The maximum atomic E-state index is 11.9. The van der Waals surface area contributed by atoms with E-state index >= 15 is 0 Å².